The van der Waals surface area contributed by atoms with Gasteiger partial charge in [0.15, 0.2) is 0 Å². The highest BCUT2D eigenvalue weighted by molar-refractivity contribution is 5.65. The molecule has 18 heavy (non-hydrogen) atoms. The lowest BCUT2D eigenvalue weighted by Gasteiger charge is -2.01. The summed E-state index contributed by atoms with van der Waals surface area (Å²) >= 11 is 0. The number of carbonyl (C=O) groups is 1. The van der Waals surface area contributed by atoms with Crippen LogP contribution in [0.1, 0.15) is 77.6 Å². The Hall–Kier alpha value is -0.850. The van der Waals surface area contributed by atoms with Crippen LogP contribution in [0.15, 0.2) is 24.3 Å². The smallest absolute Gasteiger partial charge is 0.142 e. The van der Waals surface area contributed by atoms with Gasteiger partial charge in [-0.15, -0.1) is 0 Å². The summed E-state index contributed by atoms with van der Waals surface area (Å²) in [6.45, 7) is 2.27. The maximum atomic E-state index is 10.0. The highest BCUT2D eigenvalue weighted by Crippen LogP contribution is 2.11. The van der Waals surface area contributed by atoms with Crippen molar-refractivity contribution < 1.29 is 4.79 Å². The van der Waals surface area contributed by atoms with Gasteiger partial charge in [0.1, 0.15) is 6.29 Å². The Morgan fingerprint density at radius 2 is 1.22 bits per heavy atom. The van der Waals surface area contributed by atoms with Crippen LogP contribution < -0.4 is 0 Å². The molecule has 0 saturated carbocycles. The van der Waals surface area contributed by atoms with Crippen LogP contribution in [0.3, 0.4) is 0 Å². The quantitative estimate of drug-likeness (QED) is 0.180. The summed E-state index contributed by atoms with van der Waals surface area (Å²) in [6, 6.07) is 0. The third-order valence-corrected chi connectivity index (χ3v) is 3.16. The fourth-order valence-electron chi connectivity index (χ4n) is 2.03. The molecule has 0 atom stereocenters. The Kier molecular flexibility index (Phi) is 15.4. The van der Waals surface area contributed by atoms with Gasteiger partial charge in [-0.2, -0.15) is 0 Å². The zero-order chi connectivity index (χ0) is 13.3. The van der Waals surface area contributed by atoms with E-state index < -0.39 is 0 Å². The second kappa shape index (κ2) is 16.1. The van der Waals surface area contributed by atoms with Crippen molar-refractivity contribution in [3.63, 3.8) is 0 Å². The molecule has 0 rings (SSSR count). The number of unbranched alkanes of at least 4 members (excludes halogenated alkanes) is 10. The third-order valence-electron chi connectivity index (χ3n) is 3.16. The number of hydrogen-bond acceptors (Lipinski definition) is 1. The minimum Gasteiger partial charge on any atom is -0.299 e. The van der Waals surface area contributed by atoms with Gasteiger partial charge in [0.2, 0.25) is 0 Å². The predicted octanol–water partition coefficient (Wildman–Crippen LogP) is 5.61. The first kappa shape index (κ1) is 17.2. The molecule has 0 radical (unpaired) electrons. The topological polar surface area (TPSA) is 17.1 Å². The summed E-state index contributed by atoms with van der Waals surface area (Å²) < 4.78 is 0. The first-order chi connectivity index (χ1) is 8.91. The van der Waals surface area contributed by atoms with Crippen molar-refractivity contribution in [2.45, 2.75) is 77.6 Å². The van der Waals surface area contributed by atoms with E-state index in [9.17, 15) is 4.79 Å². The van der Waals surface area contributed by atoms with Crippen LogP contribution in [0.4, 0.5) is 0 Å². The van der Waals surface area contributed by atoms with Crippen LogP contribution in [-0.2, 0) is 4.79 Å². The average molecular weight is 250 g/mol. The highest BCUT2D eigenvalue weighted by atomic mass is 16.1. The minimum atomic E-state index is 0.810. The van der Waals surface area contributed by atoms with Crippen molar-refractivity contribution in [2.75, 3.05) is 0 Å². The normalized spacial score (nSPS) is 11.6. The molecule has 104 valence electrons. The summed E-state index contributed by atoms with van der Waals surface area (Å²) in [5.41, 5.74) is 0. The van der Waals surface area contributed by atoms with Gasteiger partial charge in [-0.05, 0) is 18.9 Å². The second-order valence-corrected chi connectivity index (χ2v) is 4.92. The Bertz CT molecular complexity index is 216. The molecule has 0 aromatic heterocycles. The molecule has 0 N–H and O–H groups in total. The molecule has 0 bridgehead atoms. The predicted molar refractivity (Wildman–Crippen MR) is 80.8 cm³/mol. The minimum absolute atomic E-state index is 0.810. The van der Waals surface area contributed by atoms with Gasteiger partial charge in [-0.25, -0.2) is 0 Å². The van der Waals surface area contributed by atoms with Crippen LogP contribution >= 0.6 is 0 Å². The summed E-state index contributed by atoms with van der Waals surface area (Å²) in [6.07, 6.45) is 23.2. The molecular weight excluding hydrogens is 220 g/mol. The Balaban J connectivity index is 3.05. The first-order valence-electron chi connectivity index (χ1n) is 7.68. The number of allylic oxidation sites excluding steroid dienone is 4. The fraction of sp³-hybridized carbons (Fsp3) is 0.706. The van der Waals surface area contributed by atoms with E-state index in [-0.39, 0.29) is 0 Å². The zero-order valence-electron chi connectivity index (χ0n) is 12.1. The molecule has 0 saturated heterocycles. The van der Waals surface area contributed by atoms with Crippen LogP contribution in [0.2, 0.25) is 0 Å². The van der Waals surface area contributed by atoms with Gasteiger partial charge in [0.05, 0.1) is 0 Å². The Morgan fingerprint density at radius 1 is 0.667 bits per heavy atom. The zero-order valence-corrected chi connectivity index (χ0v) is 12.1. The van der Waals surface area contributed by atoms with E-state index in [4.69, 9.17) is 0 Å². The highest BCUT2D eigenvalue weighted by Gasteiger charge is 1.91. The molecule has 0 spiro atoms. The fourth-order valence-corrected chi connectivity index (χ4v) is 2.03. The van der Waals surface area contributed by atoms with Gasteiger partial charge in [0.25, 0.3) is 0 Å². The van der Waals surface area contributed by atoms with Gasteiger partial charge < -0.3 is 0 Å². The van der Waals surface area contributed by atoms with E-state index >= 15 is 0 Å². The average Bonchev–Trinajstić information content (AvgIpc) is 2.39. The van der Waals surface area contributed by atoms with Crippen molar-refractivity contribution in [3.8, 4) is 0 Å². The van der Waals surface area contributed by atoms with E-state index in [0.29, 0.717) is 0 Å². The molecule has 0 fully saturated rings. The van der Waals surface area contributed by atoms with Gasteiger partial charge in [0, 0.05) is 0 Å². The van der Waals surface area contributed by atoms with Crippen molar-refractivity contribution >= 4 is 6.29 Å². The van der Waals surface area contributed by atoms with Crippen molar-refractivity contribution in [1.82, 2.24) is 0 Å². The lowest BCUT2D eigenvalue weighted by atomic mass is 10.1. The largest absolute Gasteiger partial charge is 0.299 e. The maximum Gasteiger partial charge on any atom is 0.142 e. The third kappa shape index (κ3) is 15.1. The van der Waals surface area contributed by atoms with Crippen LogP contribution in [0, 0.1) is 0 Å². The molecule has 0 aliphatic carbocycles. The lowest BCUT2D eigenvalue weighted by Crippen LogP contribution is -1.81. The van der Waals surface area contributed by atoms with E-state index in [2.05, 4.69) is 13.0 Å². The van der Waals surface area contributed by atoms with E-state index in [1.165, 1.54) is 70.3 Å². The van der Waals surface area contributed by atoms with Gasteiger partial charge >= 0.3 is 0 Å². The van der Waals surface area contributed by atoms with Crippen molar-refractivity contribution in [1.29, 1.82) is 0 Å². The summed E-state index contributed by atoms with van der Waals surface area (Å²) in [4.78, 5) is 10.0. The van der Waals surface area contributed by atoms with Crippen molar-refractivity contribution in [3.05, 3.63) is 24.3 Å². The van der Waals surface area contributed by atoms with E-state index in [1.54, 1.807) is 6.08 Å². The molecular formula is C17H30O. The number of carbonyl (C=O) groups excluding carboxylic acids is 1. The molecule has 0 aliphatic rings. The summed E-state index contributed by atoms with van der Waals surface area (Å²) in [5, 5.41) is 0. The number of hydrogen-bond donors (Lipinski definition) is 0. The molecule has 0 aliphatic heterocycles. The number of aldehydes is 1. The summed E-state index contributed by atoms with van der Waals surface area (Å²) in [7, 11) is 0. The first-order valence-corrected chi connectivity index (χ1v) is 7.68. The monoisotopic (exact) mass is 250 g/mol. The number of rotatable bonds is 13. The van der Waals surface area contributed by atoms with Crippen LogP contribution in [-0.4, -0.2) is 6.29 Å². The Labute approximate surface area is 113 Å². The second-order valence-electron chi connectivity index (χ2n) is 4.92. The maximum absolute atomic E-state index is 10.0. The van der Waals surface area contributed by atoms with Crippen LogP contribution in [0.5, 0.6) is 0 Å². The SMILES string of the molecule is CCCCCCCCCCCC/C=C/C=C\C=O. The molecule has 0 heterocycles. The van der Waals surface area contributed by atoms with Gasteiger partial charge in [-0.3, -0.25) is 4.79 Å². The van der Waals surface area contributed by atoms with E-state index in [1.807, 2.05) is 6.08 Å². The molecule has 0 aromatic carbocycles. The van der Waals surface area contributed by atoms with E-state index in [0.717, 1.165) is 12.7 Å². The van der Waals surface area contributed by atoms with Crippen molar-refractivity contribution in [2.24, 2.45) is 0 Å². The lowest BCUT2D eigenvalue weighted by molar-refractivity contribution is -0.104. The molecule has 1 nitrogen and oxygen atoms in total. The molecule has 1 heteroatoms. The van der Waals surface area contributed by atoms with Crippen LogP contribution in [0.25, 0.3) is 0 Å². The van der Waals surface area contributed by atoms with Gasteiger partial charge in [-0.1, -0.05) is 82.9 Å². The summed E-state index contributed by atoms with van der Waals surface area (Å²) in [5.74, 6) is 0. The molecule has 0 unspecified atom stereocenters. The molecule has 0 aromatic rings. The Morgan fingerprint density at radius 3 is 1.78 bits per heavy atom. The standard InChI is InChI=1S/C17H30O/c1-2-3-4-5-6-7-8-9-10-11-12-13-14-15-16-17-18/h13-17H,2-12H2,1H3/b14-13+,16-15-. The molecule has 0 amide bonds.